The van der Waals surface area contributed by atoms with Crippen molar-refractivity contribution in [3.63, 3.8) is 0 Å². The predicted molar refractivity (Wildman–Crippen MR) is 57.0 cm³/mol. The molecule has 5 nitrogen and oxygen atoms in total. The van der Waals surface area contributed by atoms with Crippen LogP contribution in [0.1, 0.15) is 6.92 Å². The first-order valence-electron chi connectivity index (χ1n) is 4.33. The SMILES string of the molecule is COc1cc(NC(C)=O)ccc1NC=O. The van der Waals surface area contributed by atoms with E-state index in [0.29, 0.717) is 23.5 Å². The summed E-state index contributed by atoms with van der Waals surface area (Å²) in [5.41, 5.74) is 1.18. The van der Waals surface area contributed by atoms with Crippen molar-refractivity contribution in [3.8, 4) is 5.75 Å². The fourth-order valence-electron chi connectivity index (χ4n) is 1.15. The molecule has 0 saturated heterocycles. The quantitative estimate of drug-likeness (QED) is 0.731. The number of hydrogen-bond donors (Lipinski definition) is 2. The van der Waals surface area contributed by atoms with E-state index in [9.17, 15) is 9.59 Å². The van der Waals surface area contributed by atoms with E-state index in [1.54, 1.807) is 18.2 Å². The zero-order valence-electron chi connectivity index (χ0n) is 8.53. The molecule has 0 unspecified atom stereocenters. The number of benzene rings is 1. The van der Waals surface area contributed by atoms with Gasteiger partial charge in [0, 0.05) is 18.7 Å². The minimum absolute atomic E-state index is 0.159. The van der Waals surface area contributed by atoms with Gasteiger partial charge in [-0.25, -0.2) is 0 Å². The lowest BCUT2D eigenvalue weighted by atomic mass is 10.2. The Morgan fingerprint density at radius 3 is 2.73 bits per heavy atom. The van der Waals surface area contributed by atoms with Gasteiger partial charge in [-0.1, -0.05) is 0 Å². The van der Waals surface area contributed by atoms with E-state index < -0.39 is 0 Å². The third kappa shape index (κ3) is 2.98. The fraction of sp³-hybridized carbons (Fsp3) is 0.200. The molecule has 1 aromatic rings. The summed E-state index contributed by atoms with van der Waals surface area (Å²) in [6.45, 7) is 1.42. The second-order valence-electron chi connectivity index (χ2n) is 2.86. The Bertz CT molecular complexity index is 377. The molecule has 0 aromatic heterocycles. The first-order valence-corrected chi connectivity index (χ1v) is 4.33. The molecule has 1 rings (SSSR count). The van der Waals surface area contributed by atoms with E-state index in [4.69, 9.17) is 4.74 Å². The maximum atomic E-state index is 10.8. The summed E-state index contributed by atoms with van der Waals surface area (Å²) in [6.07, 6.45) is 0.565. The smallest absolute Gasteiger partial charge is 0.221 e. The normalized spacial score (nSPS) is 9.20. The van der Waals surface area contributed by atoms with Gasteiger partial charge in [0.15, 0.2) is 0 Å². The molecule has 0 heterocycles. The van der Waals surface area contributed by atoms with Crippen LogP contribution in [0, 0.1) is 0 Å². The second-order valence-corrected chi connectivity index (χ2v) is 2.86. The predicted octanol–water partition coefficient (Wildman–Crippen LogP) is 1.22. The standard InChI is InChI=1S/C10H12N2O3/c1-7(14)12-8-3-4-9(11-6-13)10(5-8)15-2/h3-6H,1-2H3,(H,11,13)(H,12,14). The summed E-state index contributed by atoms with van der Waals surface area (Å²) in [7, 11) is 1.49. The molecule has 0 aliphatic carbocycles. The van der Waals surface area contributed by atoms with Crippen molar-refractivity contribution in [2.45, 2.75) is 6.92 Å². The summed E-state index contributed by atoms with van der Waals surface area (Å²) in [5, 5.41) is 5.10. The third-order valence-electron chi connectivity index (χ3n) is 1.74. The highest BCUT2D eigenvalue weighted by Gasteiger charge is 2.04. The number of ether oxygens (including phenoxy) is 1. The molecule has 0 aliphatic heterocycles. The summed E-state index contributed by atoms with van der Waals surface area (Å²) < 4.78 is 5.05. The van der Waals surface area contributed by atoms with Crippen molar-refractivity contribution in [2.75, 3.05) is 17.7 Å². The molecule has 80 valence electrons. The molecule has 0 radical (unpaired) electrons. The summed E-state index contributed by atoms with van der Waals surface area (Å²) in [4.78, 5) is 21.1. The van der Waals surface area contributed by atoms with Crippen molar-refractivity contribution in [3.05, 3.63) is 18.2 Å². The van der Waals surface area contributed by atoms with Crippen molar-refractivity contribution in [2.24, 2.45) is 0 Å². The van der Waals surface area contributed by atoms with Gasteiger partial charge in [-0.05, 0) is 12.1 Å². The van der Waals surface area contributed by atoms with Crippen LogP contribution >= 0.6 is 0 Å². The number of methoxy groups -OCH3 is 1. The van der Waals surface area contributed by atoms with Crippen LogP contribution < -0.4 is 15.4 Å². The lowest BCUT2D eigenvalue weighted by molar-refractivity contribution is -0.114. The Balaban J connectivity index is 2.96. The highest BCUT2D eigenvalue weighted by Crippen LogP contribution is 2.27. The average molecular weight is 208 g/mol. The maximum Gasteiger partial charge on any atom is 0.221 e. The third-order valence-corrected chi connectivity index (χ3v) is 1.74. The Morgan fingerprint density at radius 2 is 2.20 bits per heavy atom. The van der Waals surface area contributed by atoms with Gasteiger partial charge in [-0.2, -0.15) is 0 Å². The molecular formula is C10H12N2O3. The van der Waals surface area contributed by atoms with E-state index in [2.05, 4.69) is 10.6 Å². The number of amides is 2. The van der Waals surface area contributed by atoms with Gasteiger partial charge in [0.1, 0.15) is 5.75 Å². The van der Waals surface area contributed by atoms with E-state index in [1.807, 2.05) is 0 Å². The number of hydrogen-bond acceptors (Lipinski definition) is 3. The van der Waals surface area contributed by atoms with Crippen LogP contribution in [0.2, 0.25) is 0 Å². The molecule has 0 spiro atoms. The molecule has 2 N–H and O–H groups in total. The molecule has 0 saturated carbocycles. The lowest BCUT2D eigenvalue weighted by Crippen LogP contribution is -2.06. The van der Waals surface area contributed by atoms with E-state index in [-0.39, 0.29) is 5.91 Å². The molecule has 0 atom stereocenters. The molecule has 2 amide bonds. The molecule has 0 bridgehead atoms. The number of rotatable bonds is 4. The molecular weight excluding hydrogens is 196 g/mol. The Labute approximate surface area is 87.4 Å². The number of carbonyl (C=O) groups is 2. The zero-order valence-corrected chi connectivity index (χ0v) is 8.53. The van der Waals surface area contributed by atoms with Gasteiger partial charge in [0.2, 0.25) is 12.3 Å². The highest BCUT2D eigenvalue weighted by atomic mass is 16.5. The maximum absolute atomic E-state index is 10.8. The van der Waals surface area contributed by atoms with Crippen molar-refractivity contribution in [1.82, 2.24) is 0 Å². The van der Waals surface area contributed by atoms with E-state index in [0.717, 1.165) is 0 Å². The monoisotopic (exact) mass is 208 g/mol. The Morgan fingerprint density at radius 1 is 1.47 bits per heavy atom. The van der Waals surface area contributed by atoms with Crippen LogP contribution in [0.4, 0.5) is 11.4 Å². The lowest BCUT2D eigenvalue weighted by Gasteiger charge is -2.09. The molecule has 1 aromatic carbocycles. The molecule has 0 aliphatic rings. The second kappa shape index (κ2) is 4.99. The highest BCUT2D eigenvalue weighted by molar-refractivity contribution is 5.89. The fourth-order valence-corrected chi connectivity index (χ4v) is 1.15. The first kappa shape index (κ1) is 11.0. The number of anilines is 2. The molecule has 0 fully saturated rings. The topological polar surface area (TPSA) is 67.4 Å². The van der Waals surface area contributed by atoms with Crippen LogP contribution in [0.5, 0.6) is 5.75 Å². The minimum atomic E-state index is -0.159. The summed E-state index contributed by atoms with van der Waals surface area (Å²) in [6, 6.07) is 4.96. The van der Waals surface area contributed by atoms with Crippen LogP contribution in [-0.4, -0.2) is 19.4 Å². The van der Waals surface area contributed by atoms with Gasteiger partial charge < -0.3 is 15.4 Å². The van der Waals surface area contributed by atoms with Crippen LogP contribution in [0.15, 0.2) is 18.2 Å². The summed E-state index contributed by atoms with van der Waals surface area (Å²) in [5.74, 6) is 0.335. The Hall–Kier alpha value is -2.04. The minimum Gasteiger partial charge on any atom is -0.494 e. The van der Waals surface area contributed by atoms with Gasteiger partial charge in [-0.15, -0.1) is 0 Å². The number of nitrogens with one attached hydrogen (secondary N) is 2. The van der Waals surface area contributed by atoms with Crippen LogP contribution in [0.3, 0.4) is 0 Å². The van der Waals surface area contributed by atoms with Gasteiger partial charge >= 0.3 is 0 Å². The van der Waals surface area contributed by atoms with Gasteiger partial charge in [-0.3, -0.25) is 9.59 Å². The van der Waals surface area contributed by atoms with Crippen molar-refractivity contribution in [1.29, 1.82) is 0 Å². The van der Waals surface area contributed by atoms with E-state index >= 15 is 0 Å². The van der Waals surface area contributed by atoms with Gasteiger partial charge in [0.05, 0.1) is 12.8 Å². The largest absolute Gasteiger partial charge is 0.494 e. The number of carbonyl (C=O) groups excluding carboxylic acids is 2. The van der Waals surface area contributed by atoms with Crippen LogP contribution in [-0.2, 0) is 9.59 Å². The Kier molecular flexibility index (Phi) is 3.68. The molecule has 5 heteroatoms. The molecule has 15 heavy (non-hydrogen) atoms. The zero-order chi connectivity index (χ0) is 11.3. The van der Waals surface area contributed by atoms with E-state index in [1.165, 1.54) is 14.0 Å². The van der Waals surface area contributed by atoms with Gasteiger partial charge in [0.25, 0.3) is 0 Å². The summed E-state index contributed by atoms with van der Waals surface area (Å²) >= 11 is 0. The van der Waals surface area contributed by atoms with Crippen molar-refractivity contribution >= 4 is 23.7 Å². The first-order chi connectivity index (χ1) is 7.17. The van der Waals surface area contributed by atoms with Crippen molar-refractivity contribution < 1.29 is 14.3 Å². The van der Waals surface area contributed by atoms with Crippen LogP contribution in [0.25, 0.3) is 0 Å². The average Bonchev–Trinajstić information content (AvgIpc) is 2.20.